The number of benzene rings is 1. The Morgan fingerprint density at radius 2 is 1.88 bits per heavy atom. The van der Waals surface area contributed by atoms with Gasteiger partial charge >= 0.3 is 5.97 Å². The summed E-state index contributed by atoms with van der Waals surface area (Å²) in [5, 5.41) is 9.00. The van der Waals surface area contributed by atoms with Crippen LogP contribution in [0.25, 0.3) is 0 Å². The van der Waals surface area contributed by atoms with Crippen molar-refractivity contribution in [1.29, 1.82) is 0 Å². The Hall–Kier alpha value is -2.17. The first kappa shape index (κ1) is 11.3. The molecule has 88 valence electrons. The van der Waals surface area contributed by atoms with Crippen LogP contribution in [0.3, 0.4) is 0 Å². The third kappa shape index (κ3) is 1.51. The summed E-state index contributed by atoms with van der Waals surface area (Å²) < 4.78 is 0. The molecule has 0 atom stereocenters. The minimum Gasteiger partial charge on any atom is -0.478 e. The van der Waals surface area contributed by atoms with E-state index in [1.807, 2.05) is 0 Å². The van der Waals surface area contributed by atoms with E-state index in [2.05, 4.69) is 0 Å². The van der Waals surface area contributed by atoms with E-state index < -0.39 is 17.8 Å². The second-order valence-electron chi connectivity index (χ2n) is 4.11. The van der Waals surface area contributed by atoms with Gasteiger partial charge in [0.05, 0.1) is 16.7 Å². The number of nitrogens with zero attached hydrogens (tertiary/aromatic N) is 1. The maximum atomic E-state index is 12.0. The summed E-state index contributed by atoms with van der Waals surface area (Å²) in [5.41, 5.74) is 0.0475. The van der Waals surface area contributed by atoms with E-state index in [0.29, 0.717) is 0 Å². The predicted molar refractivity (Wildman–Crippen MR) is 59.0 cm³/mol. The Balaban J connectivity index is 2.66. The number of aromatic carboxylic acids is 1. The first-order chi connectivity index (χ1) is 7.95. The number of carboxylic acid groups (broad SMARTS) is 1. The maximum absolute atomic E-state index is 12.0. The van der Waals surface area contributed by atoms with Gasteiger partial charge in [-0.15, -0.1) is 0 Å². The van der Waals surface area contributed by atoms with Crippen molar-refractivity contribution < 1.29 is 19.5 Å². The molecule has 2 rings (SSSR count). The highest BCUT2D eigenvalue weighted by atomic mass is 16.4. The number of carboxylic acids is 1. The zero-order chi connectivity index (χ0) is 12.7. The van der Waals surface area contributed by atoms with Crippen molar-refractivity contribution in [2.45, 2.75) is 19.9 Å². The lowest BCUT2D eigenvalue weighted by Gasteiger charge is -2.17. The molecule has 0 unspecified atom stereocenters. The van der Waals surface area contributed by atoms with Gasteiger partial charge in [-0.1, -0.05) is 6.07 Å². The quantitative estimate of drug-likeness (QED) is 0.783. The third-order valence-corrected chi connectivity index (χ3v) is 2.69. The standard InChI is InChI=1S/C12H11NO4/c1-6(2)13-10(14)7-4-3-5-8(12(16)17)9(7)11(13)15/h3-6H,1-2H3,(H,16,17). The normalized spacial score (nSPS) is 14.4. The highest BCUT2D eigenvalue weighted by Crippen LogP contribution is 2.27. The molecule has 0 saturated carbocycles. The van der Waals surface area contributed by atoms with Gasteiger partial charge in [0.1, 0.15) is 0 Å². The highest BCUT2D eigenvalue weighted by molar-refractivity contribution is 6.24. The van der Waals surface area contributed by atoms with E-state index >= 15 is 0 Å². The van der Waals surface area contributed by atoms with Crippen molar-refractivity contribution in [3.8, 4) is 0 Å². The molecule has 1 aliphatic heterocycles. The Bertz CT molecular complexity index is 533. The van der Waals surface area contributed by atoms with Gasteiger partial charge in [-0.25, -0.2) is 4.79 Å². The fraction of sp³-hybridized carbons (Fsp3) is 0.250. The fourth-order valence-corrected chi connectivity index (χ4v) is 1.95. The van der Waals surface area contributed by atoms with E-state index in [9.17, 15) is 14.4 Å². The molecule has 0 aromatic heterocycles. The molecule has 0 radical (unpaired) electrons. The summed E-state index contributed by atoms with van der Waals surface area (Å²) >= 11 is 0. The lowest BCUT2D eigenvalue weighted by Crippen LogP contribution is -2.36. The molecule has 0 fully saturated rings. The van der Waals surface area contributed by atoms with Crippen LogP contribution < -0.4 is 0 Å². The van der Waals surface area contributed by atoms with Crippen molar-refractivity contribution in [1.82, 2.24) is 4.90 Å². The molecular formula is C12H11NO4. The topological polar surface area (TPSA) is 74.7 Å². The Morgan fingerprint density at radius 3 is 2.41 bits per heavy atom. The van der Waals surface area contributed by atoms with Crippen molar-refractivity contribution in [3.05, 3.63) is 34.9 Å². The first-order valence-corrected chi connectivity index (χ1v) is 5.19. The lowest BCUT2D eigenvalue weighted by atomic mass is 10.0. The molecular weight excluding hydrogens is 222 g/mol. The second kappa shape index (κ2) is 3.69. The number of imide groups is 1. The first-order valence-electron chi connectivity index (χ1n) is 5.19. The van der Waals surface area contributed by atoms with Crippen molar-refractivity contribution in [2.75, 3.05) is 0 Å². The van der Waals surface area contributed by atoms with E-state index in [1.165, 1.54) is 18.2 Å². The van der Waals surface area contributed by atoms with Crippen molar-refractivity contribution in [2.24, 2.45) is 0 Å². The highest BCUT2D eigenvalue weighted by Gasteiger charge is 2.39. The molecule has 1 aliphatic rings. The van der Waals surface area contributed by atoms with E-state index in [0.717, 1.165) is 4.90 Å². The number of rotatable bonds is 2. The lowest BCUT2D eigenvalue weighted by molar-refractivity contribution is 0.0598. The Morgan fingerprint density at radius 1 is 1.24 bits per heavy atom. The zero-order valence-corrected chi connectivity index (χ0v) is 9.43. The molecule has 0 saturated heterocycles. The summed E-state index contributed by atoms with van der Waals surface area (Å²) in [6, 6.07) is 3.99. The largest absolute Gasteiger partial charge is 0.478 e. The summed E-state index contributed by atoms with van der Waals surface area (Å²) in [7, 11) is 0. The molecule has 5 heteroatoms. The fourth-order valence-electron chi connectivity index (χ4n) is 1.95. The SMILES string of the molecule is CC(C)N1C(=O)c2cccc(C(=O)O)c2C1=O. The molecule has 0 bridgehead atoms. The number of fused-ring (bicyclic) bond motifs is 1. The van der Waals surface area contributed by atoms with Gasteiger partial charge in [0.25, 0.3) is 11.8 Å². The van der Waals surface area contributed by atoms with Crippen molar-refractivity contribution >= 4 is 17.8 Å². The van der Waals surface area contributed by atoms with Gasteiger partial charge in [0.2, 0.25) is 0 Å². The second-order valence-corrected chi connectivity index (χ2v) is 4.11. The average Bonchev–Trinajstić information content (AvgIpc) is 2.51. The predicted octanol–water partition coefficient (Wildman–Crippen LogP) is 1.39. The molecule has 1 heterocycles. The van der Waals surface area contributed by atoms with E-state index in [4.69, 9.17) is 5.11 Å². The van der Waals surface area contributed by atoms with Crippen LogP contribution >= 0.6 is 0 Å². The summed E-state index contributed by atoms with van der Waals surface area (Å²) in [6.07, 6.45) is 0. The number of amides is 2. The Kier molecular flexibility index (Phi) is 2.46. The third-order valence-electron chi connectivity index (χ3n) is 2.69. The van der Waals surface area contributed by atoms with Gasteiger partial charge in [-0.3, -0.25) is 14.5 Å². The van der Waals surface area contributed by atoms with Gasteiger partial charge < -0.3 is 5.11 Å². The number of carbonyl (C=O) groups is 3. The molecule has 0 spiro atoms. The summed E-state index contributed by atoms with van der Waals surface area (Å²) in [6.45, 7) is 3.42. The molecule has 2 amide bonds. The van der Waals surface area contributed by atoms with Crippen LogP contribution in [-0.4, -0.2) is 33.8 Å². The number of hydrogen-bond donors (Lipinski definition) is 1. The van der Waals surface area contributed by atoms with Crippen LogP contribution in [0.2, 0.25) is 0 Å². The molecule has 5 nitrogen and oxygen atoms in total. The number of carbonyl (C=O) groups excluding carboxylic acids is 2. The van der Waals surface area contributed by atoms with Crippen LogP contribution in [-0.2, 0) is 0 Å². The Labute approximate surface area is 97.7 Å². The van der Waals surface area contributed by atoms with Crippen LogP contribution in [0.4, 0.5) is 0 Å². The van der Waals surface area contributed by atoms with E-state index in [1.54, 1.807) is 13.8 Å². The van der Waals surface area contributed by atoms with Crippen LogP contribution in [0.1, 0.15) is 44.9 Å². The molecule has 17 heavy (non-hydrogen) atoms. The van der Waals surface area contributed by atoms with Gasteiger partial charge in [-0.2, -0.15) is 0 Å². The van der Waals surface area contributed by atoms with Crippen LogP contribution in [0.15, 0.2) is 18.2 Å². The van der Waals surface area contributed by atoms with Crippen molar-refractivity contribution in [3.63, 3.8) is 0 Å². The summed E-state index contributed by atoms with van der Waals surface area (Å²) in [5.74, 6) is -2.16. The monoisotopic (exact) mass is 233 g/mol. The van der Waals surface area contributed by atoms with Gasteiger partial charge in [0.15, 0.2) is 0 Å². The maximum Gasteiger partial charge on any atom is 0.336 e. The number of hydrogen-bond acceptors (Lipinski definition) is 3. The van der Waals surface area contributed by atoms with E-state index in [-0.39, 0.29) is 22.7 Å². The molecule has 1 N–H and O–H groups in total. The van der Waals surface area contributed by atoms with Crippen LogP contribution in [0, 0.1) is 0 Å². The minimum atomic E-state index is -1.20. The molecule has 0 aliphatic carbocycles. The van der Waals surface area contributed by atoms with Crippen LogP contribution in [0.5, 0.6) is 0 Å². The molecule has 1 aromatic carbocycles. The smallest absolute Gasteiger partial charge is 0.336 e. The molecule has 1 aromatic rings. The summed E-state index contributed by atoms with van der Waals surface area (Å²) in [4.78, 5) is 36.0. The average molecular weight is 233 g/mol. The van der Waals surface area contributed by atoms with Gasteiger partial charge in [0, 0.05) is 6.04 Å². The van der Waals surface area contributed by atoms with Gasteiger partial charge in [-0.05, 0) is 26.0 Å². The zero-order valence-electron chi connectivity index (χ0n) is 9.43. The minimum absolute atomic E-state index is 0.00120.